The lowest BCUT2D eigenvalue weighted by Gasteiger charge is -2.38. The van der Waals surface area contributed by atoms with E-state index in [0.717, 1.165) is 56.2 Å². The molecular weight excluding hydrogens is 390 g/mol. The van der Waals surface area contributed by atoms with Gasteiger partial charge in [0.2, 0.25) is 5.91 Å². The first-order valence-electron chi connectivity index (χ1n) is 11.0. The number of hydrogen-bond acceptors (Lipinski definition) is 5. The molecule has 0 N–H and O–H groups in total. The van der Waals surface area contributed by atoms with Crippen LogP contribution in [0.4, 0.5) is 5.69 Å². The first-order valence-corrected chi connectivity index (χ1v) is 11.0. The second-order valence-electron chi connectivity index (χ2n) is 8.52. The lowest BCUT2D eigenvalue weighted by Crippen LogP contribution is -2.50. The summed E-state index contributed by atoms with van der Waals surface area (Å²) in [4.78, 5) is 19.7. The number of amides is 1. The van der Waals surface area contributed by atoms with Gasteiger partial charge >= 0.3 is 0 Å². The number of fused-ring (bicyclic) bond motifs is 1. The van der Waals surface area contributed by atoms with Gasteiger partial charge in [0, 0.05) is 45.0 Å². The molecule has 6 nitrogen and oxygen atoms in total. The van der Waals surface area contributed by atoms with E-state index in [1.165, 1.54) is 22.4 Å². The minimum atomic E-state index is 0.209. The molecule has 1 amide bonds. The normalized spacial score (nSPS) is 16.8. The fraction of sp³-hybridized carbons (Fsp3) is 0.480. The number of carbonyl (C=O) groups excluding carboxylic acids is 1. The van der Waals surface area contributed by atoms with E-state index in [9.17, 15) is 4.79 Å². The van der Waals surface area contributed by atoms with Crippen molar-refractivity contribution in [2.24, 2.45) is 0 Å². The van der Waals surface area contributed by atoms with Crippen molar-refractivity contribution in [1.82, 2.24) is 9.80 Å². The molecule has 4 rings (SSSR count). The molecule has 6 heteroatoms. The van der Waals surface area contributed by atoms with Gasteiger partial charge in [0.25, 0.3) is 0 Å². The Bertz CT molecular complexity index is 951. The quantitative estimate of drug-likeness (QED) is 0.740. The zero-order valence-corrected chi connectivity index (χ0v) is 19.1. The first-order chi connectivity index (χ1) is 15.0. The second-order valence-corrected chi connectivity index (χ2v) is 8.52. The number of ether oxygens (including phenoxy) is 2. The van der Waals surface area contributed by atoms with Crippen LogP contribution in [0.2, 0.25) is 0 Å². The van der Waals surface area contributed by atoms with Gasteiger partial charge in [-0.1, -0.05) is 12.1 Å². The number of nitrogens with zero attached hydrogens (tertiary/aromatic N) is 3. The molecule has 0 radical (unpaired) electrons. The van der Waals surface area contributed by atoms with E-state index in [0.29, 0.717) is 13.1 Å². The molecule has 2 aliphatic heterocycles. The Labute approximate surface area is 185 Å². The Morgan fingerprint density at radius 3 is 2.29 bits per heavy atom. The maximum absolute atomic E-state index is 13.0. The molecule has 0 unspecified atom stereocenters. The van der Waals surface area contributed by atoms with Crippen LogP contribution in [0.5, 0.6) is 11.5 Å². The average molecular weight is 424 g/mol. The number of hydrogen-bond donors (Lipinski definition) is 0. The largest absolute Gasteiger partial charge is 0.493 e. The van der Waals surface area contributed by atoms with Crippen LogP contribution >= 0.6 is 0 Å². The van der Waals surface area contributed by atoms with Gasteiger partial charge in [0.15, 0.2) is 11.5 Å². The van der Waals surface area contributed by atoms with Gasteiger partial charge in [-0.3, -0.25) is 9.69 Å². The molecule has 2 aromatic rings. The third-order valence-electron chi connectivity index (χ3n) is 6.72. The molecule has 0 atom stereocenters. The Kier molecular flexibility index (Phi) is 6.37. The van der Waals surface area contributed by atoms with Gasteiger partial charge in [-0.15, -0.1) is 0 Å². The molecule has 2 heterocycles. The van der Waals surface area contributed by atoms with Crippen LogP contribution in [0.3, 0.4) is 0 Å². The van der Waals surface area contributed by atoms with Crippen molar-refractivity contribution in [1.29, 1.82) is 0 Å². The summed E-state index contributed by atoms with van der Waals surface area (Å²) >= 11 is 0. The van der Waals surface area contributed by atoms with Crippen molar-refractivity contribution in [3.63, 3.8) is 0 Å². The van der Waals surface area contributed by atoms with E-state index in [1.54, 1.807) is 14.2 Å². The van der Waals surface area contributed by atoms with Gasteiger partial charge < -0.3 is 19.3 Å². The molecule has 2 aliphatic rings. The smallest absolute Gasteiger partial charge is 0.237 e. The molecule has 0 bridgehead atoms. The van der Waals surface area contributed by atoms with Crippen LogP contribution in [-0.4, -0.2) is 69.2 Å². The highest BCUT2D eigenvalue weighted by Gasteiger charge is 2.26. The maximum atomic E-state index is 13.0. The molecule has 31 heavy (non-hydrogen) atoms. The zero-order valence-electron chi connectivity index (χ0n) is 19.1. The van der Waals surface area contributed by atoms with Crippen molar-refractivity contribution in [2.45, 2.75) is 26.8 Å². The number of rotatable bonds is 5. The zero-order chi connectivity index (χ0) is 22.0. The van der Waals surface area contributed by atoms with Crippen molar-refractivity contribution in [2.75, 3.05) is 58.4 Å². The highest BCUT2D eigenvalue weighted by molar-refractivity contribution is 5.78. The topological polar surface area (TPSA) is 45.3 Å². The summed E-state index contributed by atoms with van der Waals surface area (Å²) in [6.45, 7) is 9.97. The van der Waals surface area contributed by atoms with Gasteiger partial charge in [0.05, 0.1) is 20.8 Å². The Morgan fingerprint density at radius 1 is 0.935 bits per heavy atom. The lowest BCUT2D eigenvalue weighted by molar-refractivity contribution is -0.133. The molecular formula is C25H33N3O3. The number of methoxy groups -OCH3 is 2. The third kappa shape index (κ3) is 4.49. The molecule has 0 saturated carbocycles. The van der Waals surface area contributed by atoms with Crippen LogP contribution in [0.1, 0.15) is 22.3 Å². The van der Waals surface area contributed by atoms with E-state index in [1.807, 2.05) is 17.0 Å². The second kappa shape index (κ2) is 9.18. The van der Waals surface area contributed by atoms with Crippen LogP contribution < -0.4 is 14.4 Å². The average Bonchev–Trinajstić information content (AvgIpc) is 2.80. The van der Waals surface area contributed by atoms with Crippen molar-refractivity contribution < 1.29 is 14.3 Å². The standard InChI is InChI=1S/C25H33N3O3/c1-18-6-5-7-22(19(18)2)27-12-10-26(11-13-27)17-25(29)28-9-8-20-14-23(30-3)24(31-4)15-21(20)16-28/h5-7,14-15H,8-13,16-17H2,1-4H3. The monoisotopic (exact) mass is 423 g/mol. The predicted molar refractivity (Wildman–Crippen MR) is 123 cm³/mol. The molecule has 0 aliphatic carbocycles. The summed E-state index contributed by atoms with van der Waals surface area (Å²) in [6, 6.07) is 10.6. The molecule has 1 saturated heterocycles. The summed E-state index contributed by atoms with van der Waals surface area (Å²) in [5.74, 6) is 1.68. The summed E-state index contributed by atoms with van der Waals surface area (Å²) < 4.78 is 10.9. The summed E-state index contributed by atoms with van der Waals surface area (Å²) in [7, 11) is 3.30. The van der Waals surface area contributed by atoms with E-state index in [4.69, 9.17) is 9.47 Å². The van der Waals surface area contributed by atoms with Gasteiger partial charge in [-0.2, -0.15) is 0 Å². The summed E-state index contributed by atoms with van der Waals surface area (Å²) in [5, 5.41) is 0. The molecule has 2 aromatic carbocycles. The van der Waals surface area contributed by atoms with Crippen LogP contribution in [0.25, 0.3) is 0 Å². The molecule has 0 aromatic heterocycles. The van der Waals surface area contributed by atoms with E-state index in [-0.39, 0.29) is 5.91 Å². The maximum Gasteiger partial charge on any atom is 0.237 e. The highest BCUT2D eigenvalue weighted by atomic mass is 16.5. The number of carbonyl (C=O) groups is 1. The summed E-state index contributed by atoms with van der Waals surface area (Å²) in [6.07, 6.45) is 0.849. The lowest BCUT2D eigenvalue weighted by atomic mass is 9.98. The molecule has 0 spiro atoms. The number of piperazine rings is 1. The van der Waals surface area contributed by atoms with Gasteiger partial charge in [-0.05, 0) is 60.7 Å². The van der Waals surface area contributed by atoms with E-state index >= 15 is 0 Å². The fourth-order valence-corrected chi connectivity index (χ4v) is 4.61. The fourth-order valence-electron chi connectivity index (χ4n) is 4.61. The van der Waals surface area contributed by atoms with Crippen LogP contribution in [-0.2, 0) is 17.8 Å². The number of anilines is 1. The van der Waals surface area contributed by atoms with Crippen LogP contribution in [0.15, 0.2) is 30.3 Å². The van der Waals surface area contributed by atoms with Crippen LogP contribution in [0, 0.1) is 13.8 Å². The highest BCUT2D eigenvalue weighted by Crippen LogP contribution is 2.33. The Balaban J connectivity index is 1.34. The Morgan fingerprint density at radius 2 is 1.61 bits per heavy atom. The van der Waals surface area contributed by atoms with Gasteiger partial charge in [0.1, 0.15) is 0 Å². The Hall–Kier alpha value is -2.73. The number of benzene rings is 2. The molecule has 166 valence electrons. The SMILES string of the molecule is COc1cc2c(cc1OC)CN(C(=O)CN1CCN(c3cccc(C)c3C)CC1)CC2. The number of aryl methyl sites for hydroxylation is 1. The first kappa shape index (κ1) is 21.5. The predicted octanol–water partition coefficient (Wildman–Crippen LogP) is 3.03. The van der Waals surface area contributed by atoms with E-state index < -0.39 is 0 Å². The van der Waals surface area contributed by atoms with E-state index in [2.05, 4.69) is 41.8 Å². The summed E-state index contributed by atoms with van der Waals surface area (Å²) in [5.41, 5.74) is 6.39. The van der Waals surface area contributed by atoms with Crippen molar-refractivity contribution in [3.05, 3.63) is 52.6 Å². The third-order valence-corrected chi connectivity index (χ3v) is 6.72. The van der Waals surface area contributed by atoms with Crippen molar-refractivity contribution in [3.8, 4) is 11.5 Å². The molecule has 1 fully saturated rings. The van der Waals surface area contributed by atoms with Crippen molar-refractivity contribution >= 4 is 11.6 Å². The minimum Gasteiger partial charge on any atom is -0.493 e. The minimum absolute atomic E-state index is 0.209. The van der Waals surface area contributed by atoms with Gasteiger partial charge in [-0.25, -0.2) is 0 Å².